The number of hydrogen-bond acceptors (Lipinski definition) is 4. The minimum absolute atomic E-state index is 0.103. The zero-order valence-electron chi connectivity index (χ0n) is 14.7. The first-order valence-electron chi connectivity index (χ1n) is 8.39. The molecule has 6 nitrogen and oxygen atoms in total. The summed E-state index contributed by atoms with van der Waals surface area (Å²) in [5, 5.41) is 0.250. The standard InChI is InChI=1S/C19H19ClN2O4S/c1-19(10-11-22(19)17(23)12-14-6-3-2-4-7-14)18(24)21-27(25,26)16-9-5-8-15(20)13-16/h2-9,13H,10-12H2,1H3,(H,21,24). The highest BCUT2D eigenvalue weighted by Crippen LogP contribution is 2.32. The van der Waals surface area contributed by atoms with Crippen LogP contribution in [0.4, 0.5) is 0 Å². The third kappa shape index (κ3) is 3.99. The normalized spacial score (nSPS) is 19.3. The van der Waals surface area contributed by atoms with Gasteiger partial charge in [0.05, 0.1) is 11.3 Å². The molecule has 1 fully saturated rings. The molecule has 0 aromatic heterocycles. The van der Waals surface area contributed by atoms with E-state index in [0.717, 1.165) is 5.56 Å². The number of nitrogens with zero attached hydrogens (tertiary/aromatic N) is 1. The predicted octanol–water partition coefficient (Wildman–Crippen LogP) is 2.38. The number of carbonyl (C=O) groups excluding carboxylic acids is 2. The van der Waals surface area contributed by atoms with Gasteiger partial charge in [-0.25, -0.2) is 13.1 Å². The van der Waals surface area contributed by atoms with Crippen molar-refractivity contribution in [3.05, 3.63) is 65.2 Å². The van der Waals surface area contributed by atoms with Crippen LogP contribution in [0.1, 0.15) is 18.9 Å². The lowest BCUT2D eigenvalue weighted by Gasteiger charge is -2.49. The Morgan fingerprint density at radius 3 is 2.44 bits per heavy atom. The summed E-state index contributed by atoms with van der Waals surface area (Å²) in [6, 6.07) is 14.8. The second-order valence-corrected chi connectivity index (χ2v) is 8.74. The van der Waals surface area contributed by atoms with Gasteiger partial charge in [0.2, 0.25) is 5.91 Å². The van der Waals surface area contributed by atoms with Crippen molar-refractivity contribution in [1.29, 1.82) is 0 Å². The molecule has 2 aromatic carbocycles. The molecule has 2 amide bonds. The molecule has 0 bridgehead atoms. The number of hydrogen-bond donors (Lipinski definition) is 1. The first kappa shape index (κ1) is 19.4. The van der Waals surface area contributed by atoms with E-state index in [1.54, 1.807) is 13.0 Å². The van der Waals surface area contributed by atoms with E-state index in [9.17, 15) is 18.0 Å². The second kappa shape index (κ2) is 7.32. The van der Waals surface area contributed by atoms with E-state index >= 15 is 0 Å². The average Bonchev–Trinajstić information content (AvgIpc) is 2.60. The molecule has 1 N–H and O–H groups in total. The maximum Gasteiger partial charge on any atom is 0.264 e. The van der Waals surface area contributed by atoms with Crippen molar-refractivity contribution in [3.8, 4) is 0 Å². The van der Waals surface area contributed by atoms with Gasteiger partial charge in [0, 0.05) is 11.6 Å². The number of amides is 2. The lowest BCUT2D eigenvalue weighted by atomic mass is 9.85. The van der Waals surface area contributed by atoms with Gasteiger partial charge in [-0.05, 0) is 37.1 Å². The molecular formula is C19H19ClN2O4S. The molecule has 0 aliphatic carbocycles. The van der Waals surface area contributed by atoms with Crippen LogP contribution in [0, 0.1) is 0 Å². The summed E-state index contributed by atoms with van der Waals surface area (Å²) >= 11 is 5.83. The predicted molar refractivity (Wildman–Crippen MR) is 102 cm³/mol. The summed E-state index contributed by atoms with van der Waals surface area (Å²) in [4.78, 5) is 26.6. The molecule has 2 aromatic rings. The Kier molecular flexibility index (Phi) is 5.26. The van der Waals surface area contributed by atoms with Gasteiger partial charge in [-0.1, -0.05) is 48.0 Å². The highest BCUT2D eigenvalue weighted by Gasteiger charge is 2.50. The molecule has 1 atom stereocenters. The van der Waals surface area contributed by atoms with Gasteiger partial charge < -0.3 is 4.90 Å². The first-order chi connectivity index (χ1) is 12.7. The average molecular weight is 407 g/mol. The van der Waals surface area contributed by atoms with Crippen LogP contribution in [-0.4, -0.2) is 37.2 Å². The summed E-state index contributed by atoms with van der Waals surface area (Å²) in [6.45, 7) is 1.98. The van der Waals surface area contributed by atoms with E-state index < -0.39 is 21.5 Å². The first-order valence-corrected chi connectivity index (χ1v) is 10.3. The molecule has 1 unspecified atom stereocenters. The van der Waals surface area contributed by atoms with Crippen LogP contribution in [-0.2, 0) is 26.0 Å². The molecule has 27 heavy (non-hydrogen) atoms. The number of sulfonamides is 1. The maximum atomic E-state index is 12.7. The fourth-order valence-corrected chi connectivity index (χ4v) is 4.36. The molecule has 8 heteroatoms. The SMILES string of the molecule is CC1(C(=O)NS(=O)(=O)c2cccc(Cl)c2)CCN1C(=O)Cc1ccccc1. The summed E-state index contributed by atoms with van der Waals surface area (Å²) in [6.07, 6.45) is 0.551. The molecule has 1 heterocycles. The largest absolute Gasteiger partial charge is 0.328 e. The molecular weight excluding hydrogens is 388 g/mol. The number of carbonyl (C=O) groups is 2. The highest BCUT2D eigenvalue weighted by molar-refractivity contribution is 7.90. The van der Waals surface area contributed by atoms with Gasteiger partial charge in [0.25, 0.3) is 15.9 Å². The minimum Gasteiger partial charge on any atom is -0.328 e. The molecule has 0 radical (unpaired) electrons. The van der Waals surface area contributed by atoms with Gasteiger partial charge in [0.15, 0.2) is 0 Å². The molecule has 3 rings (SSSR count). The summed E-state index contributed by atoms with van der Waals surface area (Å²) < 4.78 is 27.0. The van der Waals surface area contributed by atoms with Gasteiger partial charge >= 0.3 is 0 Å². The van der Waals surface area contributed by atoms with Crippen LogP contribution in [0.15, 0.2) is 59.5 Å². The zero-order chi connectivity index (χ0) is 19.7. The van der Waals surface area contributed by atoms with Crippen LogP contribution in [0.25, 0.3) is 0 Å². The minimum atomic E-state index is -4.07. The van der Waals surface area contributed by atoms with Gasteiger partial charge in [-0.15, -0.1) is 0 Å². The summed E-state index contributed by atoms with van der Waals surface area (Å²) in [5.74, 6) is -0.944. The smallest absolute Gasteiger partial charge is 0.264 e. The summed E-state index contributed by atoms with van der Waals surface area (Å²) in [7, 11) is -4.07. The third-order valence-electron chi connectivity index (χ3n) is 4.74. The molecule has 1 aliphatic rings. The maximum absolute atomic E-state index is 12.7. The van der Waals surface area contributed by atoms with Crippen molar-refractivity contribution in [2.45, 2.75) is 30.2 Å². The number of rotatable bonds is 5. The quantitative estimate of drug-likeness (QED) is 0.826. The number of likely N-dealkylation sites (tertiary alicyclic amines) is 1. The van der Waals surface area contributed by atoms with E-state index in [0.29, 0.717) is 13.0 Å². The Hall–Kier alpha value is -2.38. The van der Waals surface area contributed by atoms with E-state index in [-0.39, 0.29) is 22.2 Å². The second-order valence-electron chi connectivity index (χ2n) is 6.62. The zero-order valence-corrected chi connectivity index (χ0v) is 16.3. The van der Waals surface area contributed by atoms with Crippen molar-refractivity contribution >= 4 is 33.4 Å². The Balaban J connectivity index is 1.73. The number of nitrogens with one attached hydrogen (secondary N) is 1. The molecule has 142 valence electrons. The van der Waals surface area contributed by atoms with E-state index in [1.807, 2.05) is 30.3 Å². The van der Waals surface area contributed by atoms with Crippen LogP contribution in [0.5, 0.6) is 0 Å². The van der Waals surface area contributed by atoms with Crippen LogP contribution >= 0.6 is 11.6 Å². The lowest BCUT2D eigenvalue weighted by Crippen LogP contribution is -2.68. The van der Waals surface area contributed by atoms with Crippen molar-refractivity contribution in [3.63, 3.8) is 0 Å². The van der Waals surface area contributed by atoms with Crippen molar-refractivity contribution < 1.29 is 18.0 Å². The lowest BCUT2D eigenvalue weighted by molar-refractivity contribution is -0.156. The van der Waals surface area contributed by atoms with Gasteiger partial charge in [-0.3, -0.25) is 9.59 Å². The van der Waals surface area contributed by atoms with Gasteiger partial charge in [0.1, 0.15) is 5.54 Å². The number of halogens is 1. The molecule has 0 spiro atoms. The van der Waals surface area contributed by atoms with E-state index in [1.165, 1.54) is 23.1 Å². The molecule has 1 saturated heterocycles. The third-order valence-corrected chi connectivity index (χ3v) is 6.30. The van der Waals surface area contributed by atoms with Crippen molar-refractivity contribution in [1.82, 2.24) is 9.62 Å². The van der Waals surface area contributed by atoms with Crippen molar-refractivity contribution in [2.24, 2.45) is 0 Å². The Bertz CT molecular complexity index is 978. The van der Waals surface area contributed by atoms with Crippen LogP contribution < -0.4 is 4.72 Å². The van der Waals surface area contributed by atoms with Crippen LogP contribution in [0.3, 0.4) is 0 Å². The van der Waals surface area contributed by atoms with E-state index in [4.69, 9.17) is 11.6 Å². The van der Waals surface area contributed by atoms with E-state index in [2.05, 4.69) is 4.72 Å². The monoisotopic (exact) mass is 406 g/mol. The fourth-order valence-electron chi connectivity index (χ4n) is 2.99. The molecule has 1 aliphatic heterocycles. The Morgan fingerprint density at radius 1 is 1.15 bits per heavy atom. The fraction of sp³-hybridized carbons (Fsp3) is 0.263. The summed E-state index contributed by atoms with van der Waals surface area (Å²) in [5.41, 5.74) is -0.360. The topological polar surface area (TPSA) is 83.6 Å². The molecule has 0 saturated carbocycles. The van der Waals surface area contributed by atoms with Crippen LogP contribution in [0.2, 0.25) is 5.02 Å². The van der Waals surface area contributed by atoms with Gasteiger partial charge in [-0.2, -0.15) is 0 Å². The number of benzene rings is 2. The Labute approximate surface area is 163 Å². The highest BCUT2D eigenvalue weighted by atomic mass is 35.5. The van der Waals surface area contributed by atoms with Crippen molar-refractivity contribution in [2.75, 3.05) is 6.54 Å². The Morgan fingerprint density at radius 2 is 1.85 bits per heavy atom.